The van der Waals surface area contributed by atoms with Crippen molar-refractivity contribution in [3.8, 4) is 28.5 Å². The second-order valence-corrected chi connectivity index (χ2v) is 6.22. The summed E-state index contributed by atoms with van der Waals surface area (Å²) in [6, 6.07) is 3.60. The first kappa shape index (κ1) is 17.9. The molecule has 0 spiro atoms. The fourth-order valence-corrected chi connectivity index (χ4v) is 3.62. The van der Waals surface area contributed by atoms with E-state index >= 15 is 0 Å². The molecule has 0 saturated carbocycles. The van der Waals surface area contributed by atoms with E-state index in [0.717, 1.165) is 22.4 Å². The van der Waals surface area contributed by atoms with Crippen LogP contribution in [0.2, 0.25) is 0 Å². The van der Waals surface area contributed by atoms with E-state index in [1.54, 1.807) is 39.5 Å². The summed E-state index contributed by atoms with van der Waals surface area (Å²) < 4.78 is 20.9. The number of ether oxygens (including phenoxy) is 3. The second kappa shape index (κ2) is 7.57. The predicted molar refractivity (Wildman–Crippen MR) is 99.5 cm³/mol. The highest BCUT2D eigenvalue weighted by atomic mass is 32.1. The van der Waals surface area contributed by atoms with Gasteiger partial charge in [0.25, 0.3) is 0 Å². The normalized spacial score (nSPS) is 13.7. The van der Waals surface area contributed by atoms with Gasteiger partial charge in [-0.2, -0.15) is 4.37 Å². The minimum absolute atomic E-state index is 0.221. The van der Waals surface area contributed by atoms with Crippen LogP contribution >= 0.6 is 11.5 Å². The quantitative estimate of drug-likeness (QED) is 0.557. The lowest BCUT2D eigenvalue weighted by Crippen LogP contribution is -2.03. The van der Waals surface area contributed by atoms with Crippen molar-refractivity contribution in [2.24, 2.45) is 0 Å². The first-order chi connectivity index (χ1) is 12.6. The maximum absolute atomic E-state index is 10.9. The van der Waals surface area contributed by atoms with Crippen LogP contribution in [0.25, 0.3) is 16.8 Å². The Morgan fingerprint density at radius 3 is 2.46 bits per heavy atom. The Bertz CT molecular complexity index is 901. The van der Waals surface area contributed by atoms with Gasteiger partial charge in [-0.15, -0.1) is 0 Å². The predicted octanol–water partition coefficient (Wildman–Crippen LogP) is 4.17. The monoisotopic (exact) mass is 374 g/mol. The number of allylic oxidation sites excluding steroid dienone is 4. The molecule has 8 heteroatoms. The molecule has 0 saturated heterocycles. The van der Waals surface area contributed by atoms with Crippen molar-refractivity contribution in [1.82, 2.24) is 4.37 Å². The molecule has 136 valence electrons. The molecule has 1 aliphatic rings. The molecule has 0 atom stereocenters. The number of rotatable bonds is 6. The molecule has 0 fully saturated rings. The van der Waals surface area contributed by atoms with Crippen LogP contribution in [0, 0.1) is 10.1 Å². The maximum Gasteiger partial charge on any atom is 0.246 e. The van der Waals surface area contributed by atoms with Gasteiger partial charge in [0.1, 0.15) is 5.75 Å². The zero-order valence-corrected chi connectivity index (χ0v) is 15.5. The summed E-state index contributed by atoms with van der Waals surface area (Å²) in [5.74, 6) is 1.75. The molecule has 0 unspecified atom stereocenters. The standard InChI is InChI=1S/C18H18N2O5S/c1-23-13-8-14(18(25-3)16(9-13)24-2)17-15(10-26-19-17)11-4-6-12(7-5-11)20(21)22/h4,6,8-10H,5,7H2,1-3H3. The van der Waals surface area contributed by atoms with Crippen molar-refractivity contribution in [1.29, 1.82) is 0 Å². The Balaban J connectivity index is 2.11. The summed E-state index contributed by atoms with van der Waals surface area (Å²) >= 11 is 1.33. The fourth-order valence-electron chi connectivity index (χ4n) is 2.89. The Morgan fingerprint density at radius 2 is 1.88 bits per heavy atom. The van der Waals surface area contributed by atoms with Crippen LogP contribution in [0.15, 0.2) is 35.4 Å². The Labute approximate surface area is 154 Å². The van der Waals surface area contributed by atoms with Gasteiger partial charge in [-0.1, -0.05) is 6.08 Å². The summed E-state index contributed by atoms with van der Waals surface area (Å²) in [7, 11) is 4.73. The molecule has 0 bridgehead atoms. The minimum atomic E-state index is -0.337. The van der Waals surface area contributed by atoms with E-state index in [-0.39, 0.29) is 10.6 Å². The molecular weight excluding hydrogens is 356 g/mol. The van der Waals surface area contributed by atoms with E-state index in [4.69, 9.17) is 14.2 Å². The number of hydrogen-bond acceptors (Lipinski definition) is 7. The highest BCUT2D eigenvalue weighted by Crippen LogP contribution is 2.44. The molecule has 0 aliphatic heterocycles. The van der Waals surface area contributed by atoms with Crippen LogP contribution in [0.5, 0.6) is 17.2 Å². The van der Waals surface area contributed by atoms with Gasteiger partial charge in [-0.05, 0) is 29.6 Å². The smallest absolute Gasteiger partial charge is 0.246 e. The second-order valence-electron chi connectivity index (χ2n) is 5.59. The van der Waals surface area contributed by atoms with E-state index in [0.29, 0.717) is 30.1 Å². The Hall–Kier alpha value is -2.87. The zero-order chi connectivity index (χ0) is 18.7. The van der Waals surface area contributed by atoms with Gasteiger partial charge in [-0.3, -0.25) is 10.1 Å². The average molecular weight is 374 g/mol. The van der Waals surface area contributed by atoms with Gasteiger partial charge in [0.2, 0.25) is 5.70 Å². The summed E-state index contributed by atoms with van der Waals surface area (Å²) in [5, 5.41) is 12.9. The largest absolute Gasteiger partial charge is 0.497 e. The molecule has 0 radical (unpaired) electrons. The number of hydrogen-bond donors (Lipinski definition) is 0. The SMILES string of the molecule is COc1cc(OC)c(OC)c(-c2nscc2C2=CC=C([N+](=O)[O-])CC2)c1. The topological polar surface area (TPSA) is 83.7 Å². The molecular formula is C18H18N2O5S. The van der Waals surface area contributed by atoms with Crippen molar-refractivity contribution in [2.75, 3.05) is 21.3 Å². The molecule has 1 aromatic heterocycles. The molecule has 3 rings (SSSR count). The lowest BCUT2D eigenvalue weighted by atomic mass is 9.94. The van der Waals surface area contributed by atoms with Gasteiger partial charge >= 0.3 is 0 Å². The van der Waals surface area contributed by atoms with Crippen LogP contribution in [0.1, 0.15) is 18.4 Å². The van der Waals surface area contributed by atoms with Gasteiger partial charge in [0.15, 0.2) is 11.5 Å². The number of benzene rings is 1. The molecule has 1 aromatic carbocycles. The highest BCUT2D eigenvalue weighted by Gasteiger charge is 2.23. The van der Waals surface area contributed by atoms with Crippen LogP contribution < -0.4 is 14.2 Å². The molecule has 2 aromatic rings. The number of nitrogens with zero attached hydrogens (tertiary/aromatic N) is 2. The minimum Gasteiger partial charge on any atom is -0.497 e. The number of nitro groups is 1. The molecule has 1 heterocycles. The van der Waals surface area contributed by atoms with Gasteiger partial charge < -0.3 is 14.2 Å². The Morgan fingerprint density at radius 1 is 1.08 bits per heavy atom. The van der Waals surface area contributed by atoms with Gasteiger partial charge in [0.05, 0.1) is 37.5 Å². The van der Waals surface area contributed by atoms with Gasteiger partial charge in [-0.25, -0.2) is 0 Å². The first-order valence-corrected chi connectivity index (χ1v) is 8.72. The third kappa shape index (κ3) is 3.28. The lowest BCUT2D eigenvalue weighted by molar-refractivity contribution is -0.427. The molecule has 0 N–H and O–H groups in total. The maximum atomic E-state index is 10.9. The number of methoxy groups -OCH3 is 3. The van der Waals surface area contributed by atoms with Crippen molar-refractivity contribution in [3.63, 3.8) is 0 Å². The van der Waals surface area contributed by atoms with E-state index in [2.05, 4.69) is 4.37 Å². The summed E-state index contributed by atoms with van der Waals surface area (Å²) in [6.45, 7) is 0. The van der Waals surface area contributed by atoms with Crippen LogP contribution in [0.4, 0.5) is 0 Å². The van der Waals surface area contributed by atoms with E-state index < -0.39 is 0 Å². The molecule has 1 aliphatic carbocycles. The molecule has 0 amide bonds. The van der Waals surface area contributed by atoms with Crippen molar-refractivity contribution >= 4 is 17.1 Å². The summed E-state index contributed by atoms with van der Waals surface area (Å²) in [6.07, 6.45) is 4.33. The summed E-state index contributed by atoms with van der Waals surface area (Å²) in [4.78, 5) is 10.6. The highest BCUT2D eigenvalue weighted by molar-refractivity contribution is 7.04. The summed E-state index contributed by atoms with van der Waals surface area (Å²) in [5.41, 5.74) is 3.66. The van der Waals surface area contributed by atoms with Crippen LogP contribution in [0.3, 0.4) is 0 Å². The molecule has 26 heavy (non-hydrogen) atoms. The Kier molecular flexibility index (Phi) is 5.22. The average Bonchev–Trinajstić information content (AvgIpc) is 3.16. The van der Waals surface area contributed by atoms with E-state index in [1.807, 2.05) is 11.4 Å². The zero-order valence-electron chi connectivity index (χ0n) is 14.6. The van der Waals surface area contributed by atoms with Crippen LogP contribution in [-0.2, 0) is 0 Å². The van der Waals surface area contributed by atoms with Crippen molar-refractivity contribution in [2.45, 2.75) is 12.8 Å². The van der Waals surface area contributed by atoms with Crippen molar-refractivity contribution < 1.29 is 19.1 Å². The third-order valence-corrected chi connectivity index (χ3v) is 4.85. The van der Waals surface area contributed by atoms with Crippen LogP contribution in [-0.4, -0.2) is 30.6 Å². The molecule has 7 nitrogen and oxygen atoms in total. The van der Waals surface area contributed by atoms with Crippen molar-refractivity contribution in [3.05, 3.63) is 51.0 Å². The van der Waals surface area contributed by atoms with E-state index in [1.165, 1.54) is 11.5 Å². The van der Waals surface area contributed by atoms with Gasteiger partial charge in [0, 0.05) is 29.5 Å². The first-order valence-electron chi connectivity index (χ1n) is 7.88. The number of aromatic nitrogens is 1. The lowest BCUT2D eigenvalue weighted by Gasteiger charge is -2.16. The third-order valence-electron chi connectivity index (χ3n) is 4.22. The fraction of sp³-hybridized carbons (Fsp3) is 0.278. The van der Waals surface area contributed by atoms with E-state index in [9.17, 15) is 10.1 Å².